The van der Waals surface area contributed by atoms with Crippen LogP contribution in [0.15, 0.2) is 48.5 Å². The molecule has 3 amide bonds. The molecular formula is C24H28F3N3O2. The molecule has 0 aliphatic carbocycles. The van der Waals surface area contributed by atoms with E-state index in [-0.39, 0.29) is 36.4 Å². The smallest absolute Gasteiger partial charge is 0.352 e. The number of benzene rings is 2. The van der Waals surface area contributed by atoms with Gasteiger partial charge in [0.05, 0.1) is 5.56 Å². The third-order valence-electron chi connectivity index (χ3n) is 5.69. The Bertz CT molecular complexity index is 929. The Labute approximate surface area is 186 Å². The molecule has 172 valence electrons. The summed E-state index contributed by atoms with van der Waals surface area (Å²) in [7, 11) is 0. The van der Waals surface area contributed by atoms with E-state index < -0.39 is 11.7 Å². The Morgan fingerprint density at radius 1 is 1.09 bits per heavy atom. The van der Waals surface area contributed by atoms with Crippen LogP contribution in [-0.2, 0) is 17.5 Å². The minimum Gasteiger partial charge on any atom is -0.352 e. The van der Waals surface area contributed by atoms with Crippen LogP contribution >= 0.6 is 0 Å². The third-order valence-corrected chi connectivity index (χ3v) is 5.69. The van der Waals surface area contributed by atoms with Gasteiger partial charge in [0, 0.05) is 31.7 Å². The molecule has 1 saturated heterocycles. The summed E-state index contributed by atoms with van der Waals surface area (Å²) < 4.78 is 39.2. The highest BCUT2D eigenvalue weighted by atomic mass is 19.4. The number of amides is 3. The Kier molecular flexibility index (Phi) is 7.77. The standard InChI is InChI=1S/C24H28F3N3O2/c1-17-8-11-20(12-9-17)29-23(32)30-14-4-5-18(16-30)10-13-22(31)28-15-19-6-2-3-7-21(19)24(25,26)27/h2-3,6-9,11-12,18H,4-5,10,13-16H2,1H3,(H,28,31)(H,29,32). The summed E-state index contributed by atoms with van der Waals surface area (Å²) in [6.07, 6.45) is -1.88. The molecule has 1 aliphatic rings. The van der Waals surface area contributed by atoms with Crippen LogP contribution in [0.5, 0.6) is 0 Å². The summed E-state index contributed by atoms with van der Waals surface area (Å²) in [6.45, 7) is 3.03. The van der Waals surface area contributed by atoms with Crippen LogP contribution in [0.1, 0.15) is 42.4 Å². The maximum Gasteiger partial charge on any atom is 0.416 e. The van der Waals surface area contributed by atoms with Gasteiger partial charge in [0.2, 0.25) is 5.91 Å². The molecule has 0 aromatic heterocycles. The van der Waals surface area contributed by atoms with Crippen LogP contribution < -0.4 is 10.6 Å². The Morgan fingerprint density at radius 2 is 1.81 bits per heavy atom. The fourth-order valence-electron chi connectivity index (χ4n) is 3.89. The average Bonchev–Trinajstić information content (AvgIpc) is 2.77. The Hall–Kier alpha value is -3.03. The number of urea groups is 1. The molecule has 2 aromatic carbocycles. The minimum atomic E-state index is -4.45. The lowest BCUT2D eigenvalue weighted by Gasteiger charge is -2.32. The van der Waals surface area contributed by atoms with Crippen molar-refractivity contribution in [2.24, 2.45) is 5.92 Å². The highest BCUT2D eigenvalue weighted by Gasteiger charge is 2.32. The van der Waals surface area contributed by atoms with E-state index in [1.54, 1.807) is 4.90 Å². The van der Waals surface area contributed by atoms with Crippen molar-refractivity contribution in [3.8, 4) is 0 Å². The van der Waals surface area contributed by atoms with Crippen LogP contribution in [0, 0.1) is 12.8 Å². The zero-order chi connectivity index (χ0) is 23.1. The lowest BCUT2D eigenvalue weighted by atomic mass is 9.93. The largest absolute Gasteiger partial charge is 0.416 e. The average molecular weight is 448 g/mol. The molecule has 1 unspecified atom stereocenters. The summed E-state index contributed by atoms with van der Waals surface area (Å²) in [5, 5.41) is 5.49. The third kappa shape index (κ3) is 6.73. The molecule has 8 heteroatoms. The topological polar surface area (TPSA) is 61.4 Å². The predicted octanol–water partition coefficient (Wildman–Crippen LogP) is 5.35. The fourth-order valence-corrected chi connectivity index (χ4v) is 3.89. The lowest BCUT2D eigenvalue weighted by Crippen LogP contribution is -2.42. The SMILES string of the molecule is Cc1ccc(NC(=O)N2CCCC(CCC(=O)NCc3ccccc3C(F)(F)F)C2)cc1. The van der Waals surface area contributed by atoms with Gasteiger partial charge >= 0.3 is 12.2 Å². The number of carbonyl (C=O) groups is 2. The van der Waals surface area contributed by atoms with E-state index in [0.717, 1.165) is 30.2 Å². The monoisotopic (exact) mass is 447 g/mol. The minimum absolute atomic E-state index is 0.0463. The maximum atomic E-state index is 13.1. The van der Waals surface area contributed by atoms with Gasteiger partial charge < -0.3 is 15.5 Å². The first-order valence-electron chi connectivity index (χ1n) is 10.8. The van der Waals surface area contributed by atoms with E-state index in [9.17, 15) is 22.8 Å². The predicted molar refractivity (Wildman–Crippen MR) is 117 cm³/mol. The Balaban J connectivity index is 1.45. The van der Waals surface area contributed by atoms with Gasteiger partial charge in [0.1, 0.15) is 0 Å². The van der Waals surface area contributed by atoms with E-state index in [1.165, 1.54) is 18.2 Å². The molecule has 1 aliphatic heterocycles. The molecule has 3 rings (SSSR count). The number of alkyl halides is 3. The van der Waals surface area contributed by atoms with Crippen molar-refractivity contribution < 1.29 is 22.8 Å². The van der Waals surface area contributed by atoms with Crippen molar-refractivity contribution in [2.75, 3.05) is 18.4 Å². The summed E-state index contributed by atoms with van der Waals surface area (Å²) in [5.74, 6) is -0.107. The number of nitrogens with zero attached hydrogens (tertiary/aromatic N) is 1. The number of halogens is 3. The fraction of sp³-hybridized carbons (Fsp3) is 0.417. The summed E-state index contributed by atoms with van der Waals surface area (Å²) in [6, 6.07) is 12.7. The van der Waals surface area contributed by atoms with E-state index in [2.05, 4.69) is 10.6 Å². The number of likely N-dealkylation sites (tertiary alicyclic amines) is 1. The molecule has 0 radical (unpaired) electrons. The molecule has 1 atom stereocenters. The molecule has 1 fully saturated rings. The second-order valence-corrected chi connectivity index (χ2v) is 8.22. The van der Waals surface area contributed by atoms with Gasteiger partial charge in [-0.05, 0) is 55.9 Å². The van der Waals surface area contributed by atoms with E-state index >= 15 is 0 Å². The van der Waals surface area contributed by atoms with Crippen LogP contribution in [-0.4, -0.2) is 29.9 Å². The van der Waals surface area contributed by atoms with Crippen molar-refractivity contribution in [3.05, 3.63) is 65.2 Å². The number of hydrogen-bond acceptors (Lipinski definition) is 2. The summed E-state index contributed by atoms with van der Waals surface area (Å²) in [4.78, 5) is 26.5. The van der Waals surface area contributed by atoms with Crippen molar-refractivity contribution in [1.82, 2.24) is 10.2 Å². The molecule has 32 heavy (non-hydrogen) atoms. The number of anilines is 1. The van der Waals surface area contributed by atoms with Crippen molar-refractivity contribution in [3.63, 3.8) is 0 Å². The van der Waals surface area contributed by atoms with Crippen molar-refractivity contribution >= 4 is 17.6 Å². The van der Waals surface area contributed by atoms with Gasteiger partial charge in [0.25, 0.3) is 0 Å². The molecular weight excluding hydrogens is 419 g/mol. The summed E-state index contributed by atoms with van der Waals surface area (Å²) in [5.41, 5.74) is 1.16. The normalized spacial score (nSPS) is 16.5. The molecule has 0 bridgehead atoms. The molecule has 5 nitrogen and oxygen atoms in total. The molecule has 1 heterocycles. The van der Waals surface area contributed by atoms with E-state index in [0.29, 0.717) is 19.5 Å². The number of aryl methyl sites for hydroxylation is 1. The second kappa shape index (κ2) is 10.5. The second-order valence-electron chi connectivity index (χ2n) is 8.22. The number of nitrogens with one attached hydrogen (secondary N) is 2. The maximum absolute atomic E-state index is 13.1. The van der Waals surface area contributed by atoms with Gasteiger partial charge in [-0.1, -0.05) is 35.9 Å². The first-order chi connectivity index (χ1) is 15.2. The summed E-state index contributed by atoms with van der Waals surface area (Å²) >= 11 is 0. The van der Waals surface area contributed by atoms with Crippen LogP contribution in [0.4, 0.5) is 23.7 Å². The van der Waals surface area contributed by atoms with Gasteiger partial charge in [-0.3, -0.25) is 4.79 Å². The van der Waals surface area contributed by atoms with Crippen molar-refractivity contribution in [2.45, 2.75) is 45.3 Å². The first-order valence-corrected chi connectivity index (χ1v) is 10.8. The lowest BCUT2D eigenvalue weighted by molar-refractivity contribution is -0.138. The zero-order valence-electron chi connectivity index (χ0n) is 18.0. The van der Waals surface area contributed by atoms with Crippen molar-refractivity contribution in [1.29, 1.82) is 0 Å². The quantitative estimate of drug-likeness (QED) is 0.627. The van der Waals surface area contributed by atoms with Gasteiger partial charge in [-0.2, -0.15) is 13.2 Å². The molecule has 0 saturated carbocycles. The number of hydrogen-bond donors (Lipinski definition) is 2. The first kappa shape index (κ1) is 23.6. The van der Waals surface area contributed by atoms with Gasteiger partial charge in [-0.15, -0.1) is 0 Å². The molecule has 0 spiro atoms. The molecule has 2 N–H and O–H groups in total. The number of piperidine rings is 1. The van der Waals surface area contributed by atoms with Gasteiger partial charge in [0.15, 0.2) is 0 Å². The van der Waals surface area contributed by atoms with E-state index in [4.69, 9.17) is 0 Å². The van der Waals surface area contributed by atoms with Crippen LogP contribution in [0.3, 0.4) is 0 Å². The highest BCUT2D eigenvalue weighted by Crippen LogP contribution is 2.31. The highest BCUT2D eigenvalue weighted by molar-refractivity contribution is 5.89. The van der Waals surface area contributed by atoms with Gasteiger partial charge in [-0.25, -0.2) is 4.79 Å². The van der Waals surface area contributed by atoms with Crippen LogP contribution in [0.2, 0.25) is 0 Å². The Morgan fingerprint density at radius 3 is 2.53 bits per heavy atom. The number of carbonyl (C=O) groups excluding carboxylic acids is 2. The van der Waals surface area contributed by atoms with E-state index in [1.807, 2.05) is 31.2 Å². The van der Waals surface area contributed by atoms with Crippen LogP contribution in [0.25, 0.3) is 0 Å². The number of rotatable bonds is 6. The molecule has 2 aromatic rings. The zero-order valence-corrected chi connectivity index (χ0v) is 18.0.